The number of rotatable bonds is 9. The van der Waals surface area contributed by atoms with Gasteiger partial charge in [-0.3, -0.25) is 0 Å². The van der Waals surface area contributed by atoms with Gasteiger partial charge in [-0.2, -0.15) is 0 Å². The van der Waals surface area contributed by atoms with Crippen molar-refractivity contribution in [3.63, 3.8) is 0 Å². The molecular formula is C77H56Ir2N3S2-3. The second-order valence-corrected chi connectivity index (χ2v) is 22.6. The molecule has 0 saturated carbocycles. The molecule has 0 saturated heterocycles. The van der Waals surface area contributed by atoms with Gasteiger partial charge in [0.1, 0.15) is 0 Å². The van der Waals surface area contributed by atoms with Gasteiger partial charge < -0.3 is 15.0 Å². The first-order valence-corrected chi connectivity index (χ1v) is 29.1. The summed E-state index contributed by atoms with van der Waals surface area (Å²) in [5.41, 5.74) is 23.3. The smallest absolute Gasteiger partial charge is 0.0240 e. The summed E-state index contributed by atoms with van der Waals surface area (Å²) in [4.78, 5) is 15.8. The summed E-state index contributed by atoms with van der Waals surface area (Å²) < 4.78 is 2.50. The van der Waals surface area contributed by atoms with E-state index in [9.17, 15) is 0 Å². The fourth-order valence-electron chi connectivity index (χ4n) is 9.82. The van der Waals surface area contributed by atoms with Crippen LogP contribution >= 0.6 is 22.7 Å². The molecule has 0 aliphatic heterocycles. The normalized spacial score (nSPS) is 10.7. The molecule has 0 bridgehead atoms. The van der Waals surface area contributed by atoms with E-state index in [2.05, 4.69) is 256 Å². The van der Waals surface area contributed by atoms with Crippen molar-refractivity contribution in [1.82, 2.24) is 15.0 Å². The van der Waals surface area contributed by atoms with Crippen LogP contribution in [0.5, 0.6) is 0 Å². The van der Waals surface area contributed by atoms with Crippen molar-refractivity contribution < 1.29 is 40.2 Å². The zero-order valence-corrected chi connectivity index (χ0v) is 53.2. The van der Waals surface area contributed by atoms with Crippen LogP contribution in [0, 0.1) is 45.9 Å². The van der Waals surface area contributed by atoms with E-state index >= 15 is 0 Å². The summed E-state index contributed by atoms with van der Waals surface area (Å²) in [7, 11) is 0. The molecule has 412 valence electrons. The minimum atomic E-state index is 0. The van der Waals surface area contributed by atoms with Gasteiger partial charge in [-0.05, 0) is 162 Å². The predicted molar refractivity (Wildman–Crippen MR) is 348 cm³/mol. The van der Waals surface area contributed by atoms with Gasteiger partial charge in [0.05, 0.1) is 0 Å². The Kier molecular flexibility index (Phi) is 19.2. The second-order valence-electron chi connectivity index (χ2n) is 20.5. The second kappa shape index (κ2) is 27.4. The molecule has 0 atom stereocenters. The molecule has 84 heavy (non-hydrogen) atoms. The fourth-order valence-corrected chi connectivity index (χ4v) is 11.8. The summed E-state index contributed by atoms with van der Waals surface area (Å²) in [6, 6.07) is 98.0. The maximum Gasteiger partial charge on any atom is 0.0240 e. The molecule has 0 fully saturated rings. The Labute approximate surface area is 528 Å². The number of pyridine rings is 3. The van der Waals surface area contributed by atoms with E-state index in [0.29, 0.717) is 0 Å². The van der Waals surface area contributed by atoms with Gasteiger partial charge in [0, 0.05) is 70.2 Å². The van der Waals surface area contributed by atoms with Crippen LogP contribution in [0.1, 0.15) is 22.3 Å². The topological polar surface area (TPSA) is 38.7 Å². The Morgan fingerprint density at radius 3 is 1.04 bits per heavy atom. The molecule has 14 rings (SSSR count). The fraction of sp³-hybridized carbons (Fsp3) is 0.0519. The Morgan fingerprint density at radius 2 is 0.655 bits per heavy atom. The molecular weight excluding hydrogens is 1420 g/mol. The molecule has 0 N–H and O–H groups in total. The minimum absolute atomic E-state index is 0. The number of thiophene rings is 2. The first-order valence-electron chi connectivity index (χ1n) is 27.4. The van der Waals surface area contributed by atoms with E-state index in [1.165, 1.54) is 87.1 Å². The van der Waals surface area contributed by atoms with Gasteiger partial charge in [0.2, 0.25) is 0 Å². The van der Waals surface area contributed by atoms with Crippen molar-refractivity contribution in [2.45, 2.75) is 27.7 Å². The third kappa shape index (κ3) is 14.2. The van der Waals surface area contributed by atoms with Gasteiger partial charge in [0.25, 0.3) is 0 Å². The van der Waals surface area contributed by atoms with Gasteiger partial charge in [-0.25, -0.2) is 22.7 Å². The maximum absolute atomic E-state index is 4.83. The standard InChI is InChI=1S/C33H24NS.C31H24N.C13H8NS.2Ir/c1-22-7-11-24(12-8-22)28-17-29(25-13-9-23(2)10-14-25)19-30(18-28)27-15-16-31(34-21-27)33-20-26-5-3-4-6-32(26)35-33;1-22-9-13-24(14-10-22)28-19-29(25-15-11-23(2)12-16-25)21-30(20-28)26-6-5-7-27(18-26)31-8-3-4-17-32-31;1-2-7-12-10(5-1)9-13(15-12)11-6-3-4-8-14-11;;/h3-19,21H,1-2H3;3-6,8-21H,1-2H3;1-8H;;/q3*-1;;. The van der Waals surface area contributed by atoms with Gasteiger partial charge in [-0.1, -0.05) is 180 Å². The van der Waals surface area contributed by atoms with Crippen molar-refractivity contribution in [3.05, 3.63) is 308 Å². The van der Waals surface area contributed by atoms with Gasteiger partial charge in [-0.15, -0.1) is 82.6 Å². The molecule has 0 unspecified atom stereocenters. The third-order valence-electron chi connectivity index (χ3n) is 14.4. The number of aryl methyl sites for hydroxylation is 4. The molecule has 0 aliphatic carbocycles. The van der Waals surface area contributed by atoms with Crippen LogP contribution in [0.2, 0.25) is 0 Å². The van der Waals surface area contributed by atoms with Crippen molar-refractivity contribution in [2.24, 2.45) is 0 Å². The third-order valence-corrected chi connectivity index (χ3v) is 16.6. The first-order chi connectivity index (χ1) is 40.2. The average Bonchev–Trinajstić information content (AvgIpc) is 4.34. The van der Waals surface area contributed by atoms with Crippen LogP contribution in [-0.4, -0.2) is 15.0 Å². The first kappa shape index (κ1) is 58.8. The summed E-state index contributed by atoms with van der Waals surface area (Å²) in [6.07, 6.45) is 5.62. The molecule has 3 nitrogen and oxygen atoms in total. The van der Waals surface area contributed by atoms with Crippen LogP contribution in [0.15, 0.2) is 267 Å². The van der Waals surface area contributed by atoms with Crippen molar-refractivity contribution in [3.8, 4) is 99.2 Å². The quantitative estimate of drug-likeness (QED) is 0.135. The number of nitrogens with zero attached hydrogens (tertiary/aromatic N) is 3. The van der Waals surface area contributed by atoms with Crippen molar-refractivity contribution in [1.29, 1.82) is 0 Å². The SMILES string of the molecule is Cc1ccc(-c2cc(-c3ccc(C)cc3)cc(-c3cc[c-]c(-c4ccccn4)c3)c2)cc1.Cc1ccc(-c2cc(-c3ccc(C)cc3)cc(-c3ccc(-c4[c-]c5ccccc5s4)nc3)c2)cc1.[Ir].[Ir].[c-]1c(-c2ccccn2)sc2ccccc12. The Hall–Kier alpha value is -8.35. The minimum Gasteiger partial charge on any atom is -0.305 e. The van der Waals surface area contributed by atoms with E-state index in [1.54, 1.807) is 22.7 Å². The van der Waals surface area contributed by atoms with Crippen molar-refractivity contribution >= 4 is 42.8 Å². The average molecular weight is 1470 g/mol. The Balaban J connectivity index is 0.000000148. The molecule has 0 aliphatic rings. The van der Waals surface area contributed by atoms with Gasteiger partial charge in [0.15, 0.2) is 0 Å². The van der Waals surface area contributed by atoms with Crippen LogP contribution in [0.25, 0.3) is 119 Å². The summed E-state index contributed by atoms with van der Waals surface area (Å²) >= 11 is 3.47. The number of hydrogen-bond donors (Lipinski definition) is 0. The summed E-state index contributed by atoms with van der Waals surface area (Å²) in [5.74, 6) is 0. The van der Waals surface area contributed by atoms with Crippen LogP contribution < -0.4 is 0 Å². The molecule has 5 heterocycles. The molecule has 5 aromatic heterocycles. The maximum atomic E-state index is 4.83. The monoisotopic (exact) mass is 1470 g/mol. The number of fused-ring (bicyclic) bond motifs is 2. The molecule has 0 amide bonds. The van der Waals surface area contributed by atoms with Crippen molar-refractivity contribution in [2.75, 3.05) is 0 Å². The van der Waals surface area contributed by atoms with E-state index < -0.39 is 0 Å². The van der Waals surface area contributed by atoms with Crippen LogP contribution in [0.4, 0.5) is 0 Å². The van der Waals surface area contributed by atoms with E-state index in [0.717, 1.165) is 54.5 Å². The van der Waals surface area contributed by atoms with E-state index in [-0.39, 0.29) is 40.2 Å². The summed E-state index contributed by atoms with van der Waals surface area (Å²) in [5, 5.41) is 2.31. The van der Waals surface area contributed by atoms with E-state index in [1.807, 2.05) is 67.1 Å². The number of aromatic nitrogens is 3. The zero-order valence-electron chi connectivity index (χ0n) is 46.7. The molecule has 0 spiro atoms. The van der Waals surface area contributed by atoms with Crippen LogP contribution in [0.3, 0.4) is 0 Å². The van der Waals surface area contributed by atoms with Crippen LogP contribution in [-0.2, 0) is 40.2 Å². The number of benzene rings is 9. The molecule has 14 aromatic rings. The Bertz CT molecular complexity index is 4250. The summed E-state index contributed by atoms with van der Waals surface area (Å²) in [6.45, 7) is 8.49. The zero-order chi connectivity index (χ0) is 55.8. The largest absolute Gasteiger partial charge is 0.305 e. The Morgan fingerprint density at radius 1 is 0.298 bits per heavy atom. The van der Waals surface area contributed by atoms with Gasteiger partial charge >= 0.3 is 0 Å². The van der Waals surface area contributed by atoms with E-state index in [4.69, 9.17) is 4.98 Å². The molecule has 2 radical (unpaired) electrons. The number of hydrogen-bond acceptors (Lipinski definition) is 5. The predicted octanol–water partition coefficient (Wildman–Crippen LogP) is 21.3. The molecule has 9 aromatic carbocycles. The molecule has 7 heteroatoms.